The van der Waals surface area contributed by atoms with E-state index < -0.39 is 23.9 Å². The number of carboxylic acids is 1. The Balaban J connectivity index is 3.19. The van der Waals surface area contributed by atoms with Crippen molar-refractivity contribution in [3.05, 3.63) is 23.5 Å². The number of aliphatic carboxylic acids is 1. The summed E-state index contributed by atoms with van der Waals surface area (Å²) < 4.78 is 23.3. The molecule has 100 valence electrons. The van der Waals surface area contributed by atoms with Crippen molar-refractivity contribution in [2.75, 3.05) is 14.2 Å². The Labute approximate surface area is 103 Å². The lowest BCUT2D eigenvalue weighted by Gasteiger charge is -2.17. The molecule has 1 rings (SSSR count). The van der Waals surface area contributed by atoms with Crippen LogP contribution in [0.4, 0.5) is 4.39 Å². The van der Waals surface area contributed by atoms with E-state index in [1.165, 1.54) is 20.3 Å². The second-order valence-electron chi connectivity index (χ2n) is 3.55. The Morgan fingerprint density at radius 1 is 1.39 bits per heavy atom. The summed E-state index contributed by atoms with van der Waals surface area (Å²) >= 11 is 0. The zero-order chi connectivity index (χ0) is 13.9. The maximum atomic E-state index is 13.6. The van der Waals surface area contributed by atoms with Crippen molar-refractivity contribution in [3.63, 3.8) is 0 Å². The number of hydrogen-bond acceptors (Lipinski definition) is 5. The van der Waals surface area contributed by atoms with E-state index in [1.807, 2.05) is 0 Å². The monoisotopic (exact) mass is 259 g/mol. The third-order valence-corrected chi connectivity index (χ3v) is 2.42. The predicted molar refractivity (Wildman–Crippen MR) is 60.1 cm³/mol. The minimum Gasteiger partial charge on any atom is -0.493 e. The van der Waals surface area contributed by atoms with Gasteiger partial charge in [-0.1, -0.05) is 0 Å². The lowest BCUT2D eigenvalue weighted by atomic mass is 10.0. The van der Waals surface area contributed by atoms with Crippen molar-refractivity contribution in [3.8, 4) is 11.5 Å². The number of carbonyl (C=O) groups is 1. The van der Waals surface area contributed by atoms with Gasteiger partial charge in [-0.2, -0.15) is 0 Å². The number of aliphatic hydroxyl groups is 1. The number of hydrogen-bond donors (Lipinski definition) is 3. The van der Waals surface area contributed by atoms with Gasteiger partial charge in [0.2, 0.25) is 0 Å². The highest BCUT2D eigenvalue weighted by Gasteiger charge is 2.26. The third kappa shape index (κ3) is 2.69. The summed E-state index contributed by atoms with van der Waals surface area (Å²) in [5.74, 6) is -2.25. The molecule has 0 aliphatic heterocycles. The average molecular weight is 259 g/mol. The first kappa shape index (κ1) is 14.2. The van der Waals surface area contributed by atoms with Gasteiger partial charge in [-0.05, 0) is 17.7 Å². The molecule has 0 saturated heterocycles. The molecule has 0 spiro atoms. The average Bonchev–Trinajstić information content (AvgIpc) is 2.35. The van der Waals surface area contributed by atoms with Gasteiger partial charge in [0.1, 0.15) is 12.1 Å². The van der Waals surface area contributed by atoms with E-state index in [-0.39, 0.29) is 17.1 Å². The van der Waals surface area contributed by atoms with Gasteiger partial charge in [0.15, 0.2) is 17.3 Å². The summed E-state index contributed by atoms with van der Waals surface area (Å²) in [5, 5.41) is 18.4. The van der Waals surface area contributed by atoms with Gasteiger partial charge < -0.3 is 25.4 Å². The smallest absolute Gasteiger partial charge is 0.323 e. The van der Waals surface area contributed by atoms with Crippen molar-refractivity contribution in [1.29, 1.82) is 0 Å². The van der Waals surface area contributed by atoms with Crippen LogP contribution < -0.4 is 15.2 Å². The number of rotatable bonds is 5. The number of ether oxygens (including phenoxy) is 2. The summed E-state index contributed by atoms with van der Waals surface area (Å²) in [7, 11) is 2.56. The van der Waals surface area contributed by atoms with E-state index in [1.54, 1.807) is 0 Å². The molecule has 0 fully saturated rings. The lowest BCUT2D eigenvalue weighted by Crippen LogP contribution is -2.36. The Hall–Kier alpha value is -1.86. The molecule has 2 atom stereocenters. The third-order valence-electron chi connectivity index (χ3n) is 2.42. The number of benzene rings is 1. The summed E-state index contributed by atoms with van der Waals surface area (Å²) in [6, 6.07) is 0.673. The van der Waals surface area contributed by atoms with Crippen LogP contribution in [0.2, 0.25) is 0 Å². The maximum absolute atomic E-state index is 13.6. The minimum atomic E-state index is -1.55. The molecule has 0 heterocycles. The molecular weight excluding hydrogens is 245 g/mol. The van der Waals surface area contributed by atoms with Crippen LogP contribution in [-0.2, 0) is 4.79 Å². The highest BCUT2D eigenvalue weighted by molar-refractivity contribution is 5.74. The van der Waals surface area contributed by atoms with E-state index >= 15 is 0 Å². The number of aliphatic hydroxyl groups excluding tert-OH is 1. The fourth-order valence-corrected chi connectivity index (χ4v) is 1.45. The van der Waals surface area contributed by atoms with Crippen LogP contribution in [0.25, 0.3) is 0 Å². The second kappa shape index (κ2) is 5.65. The van der Waals surface area contributed by atoms with Crippen molar-refractivity contribution >= 4 is 5.97 Å². The molecule has 1 aromatic carbocycles. The van der Waals surface area contributed by atoms with Crippen LogP contribution in [-0.4, -0.2) is 36.4 Å². The van der Waals surface area contributed by atoms with Gasteiger partial charge >= 0.3 is 5.97 Å². The van der Waals surface area contributed by atoms with Crippen LogP contribution in [0, 0.1) is 5.82 Å². The first-order valence-electron chi connectivity index (χ1n) is 5.00. The van der Waals surface area contributed by atoms with E-state index in [2.05, 4.69) is 0 Å². The standard InChI is InChI=1S/C11H14FNO5/c1-17-7-4-5(3-6(12)10(7)18-2)9(14)8(13)11(15)16/h3-4,8-9,14H,13H2,1-2H3,(H,15,16). The fraction of sp³-hybridized carbons (Fsp3) is 0.364. The lowest BCUT2D eigenvalue weighted by molar-refractivity contribution is -0.141. The normalized spacial score (nSPS) is 13.8. The highest BCUT2D eigenvalue weighted by Crippen LogP contribution is 2.33. The SMILES string of the molecule is COc1cc(C(O)C(N)C(=O)O)cc(F)c1OC. The quantitative estimate of drug-likeness (QED) is 0.702. The van der Waals surface area contributed by atoms with Crippen LogP contribution >= 0.6 is 0 Å². The Bertz CT molecular complexity index is 451. The summed E-state index contributed by atoms with van der Waals surface area (Å²) in [6.45, 7) is 0. The summed E-state index contributed by atoms with van der Waals surface area (Å²) in [4.78, 5) is 10.6. The maximum Gasteiger partial charge on any atom is 0.323 e. The van der Waals surface area contributed by atoms with E-state index in [0.29, 0.717) is 0 Å². The second-order valence-corrected chi connectivity index (χ2v) is 3.55. The van der Waals surface area contributed by atoms with Gasteiger partial charge in [0.05, 0.1) is 14.2 Å². The van der Waals surface area contributed by atoms with Crippen LogP contribution in [0.5, 0.6) is 11.5 Å². The number of methoxy groups -OCH3 is 2. The molecule has 1 aromatic rings. The van der Waals surface area contributed by atoms with Crippen molar-refractivity contribution in [1.82, 2.24) is 0 Å². The number of halogens is 1. The Morgan fingerprint density at radius 2 is 2.00 bits per heavy atom. The molecule has 0 bridgehead atoms. The van der Waals surface area contributed by atoms with Crippen molar-refractivity contribution in [2.45, 2.75) is 12.1 Å². The molecule has 0 amide bonds. The first-order chi connectivity index (χ1) is 8.42. The fourth-order valence-electron chi connectivity index (χ4n) is 1.45. The molecule has 7 heteroatoms. The predicted octanol–water partition coefficient (Wildman–Crippen LogP) is 0.288. The molecule has 2 unspecified atom stereocenters. The molecule has 0 radical (unpaired) electrons. The number of nitrogens with two attached hydrogens (primary N) is 1. The minimum absolute atomic E-state index is 0.0000463. The molecule has 18 heavy (non-hydrogen) atoms. The van der Waals surface area contributed by atoms with E-state index in [4.69, 9.17) is 20.3 Å². The van der Waals surface area contributed by atoms with E-state index in [9.17, 15) is 14.3 Å². The number of carboxylic acid groups (broad SMARTS) is 1. The Morgan fingerprint density at radius 3 is 2.44 bits per heavy atom. The van der Waals surface area contributed by atoms with Gasteiger partial charge in [0, 0.05) is 0 Å². The van der Waals surface area contributed by atoms with Gasteiger partial charge in [-0.3, -0.25) is 4.79 Å². The summed E-state index contributed by atoms with van der Waals surface area (Å²) in [5.41, 5.74) is 5.26. The zero-order valence-electron chi connectivity index (χ0n) is 9.88. The molecular formula is C11H14FNO5. The molecule has 4 N–H and O–H groups in total. The highest BCUT2D eigenvalue weighted by atomic mass is 19.1. The molecule has 6 nitrogen and oxygen atoms in total. The summed E-state index contributed by atoms with van der Waals surface area (Å²) in [6.07, 6.45) is -1.54. The molecule has 0 aliphatic carbocycles. The van der Waals surface area contributed by atoms with Crippen LogP contribution in [0.1, 0.15) is 11.7 Å². The molecule has 0 aliphatic rings. The topological polar surface area (TPSA) is 102 Å². The van der Waals surface area contributed by atoms with Crippen LogP contribution in [0.15, 0.2) is 12.1 Å². The largest absolute Gasteiger partial charge is 0.493 e. The van der Waals surface area contributed by atoms with Crippen molar-refractivity contribution in [2.24, 2.45) is 5.73 Å². The van der Waals surface area contributed by atoms with Gasteiger partial charge in [-0.15, -0.1) is 0 Å². The Kier molecular flexibility index (Phi) is 4.46. The van der Waals surface area contributed by atoms with Gasteiger partial charge in [-0.25, -0.2) is 4.39 Å². The first-order valence-corrected chi connectivity index (χ1v) is 5.00. The van der Waals surface area contributed by atoms with Crippen molar-refractivity contribution < 1.29 is 28.9 Å². The van der Waals surface area contributed by atoms with E-state index in [0.717, 1.165) is 6.07 Å². The molecule has 0 aromatic heterocycles. The zero-order valence-corrected chi connectivity index (χ0v) is 9.88. The molecule has 0 saturated carbocycles. The van der Waals surface area contributed by atoms with Crippen LogP contribution in [0.3, 0.4) is 0 Å². The van der Waals surface area contributed by atoms with Gasteiger partial charge in [0.25, 0.3) is 0 Å².